The molecule has 24 heavy (non-hydrogen) atoms. The van der Waals surface area contributed by atoms with Crippen LogP contribution in [0.2, 0.25) is 5.02 Å². The number of aromatic nitrogens is 4. The van der Waals surface area contributed by atoms with Crippen molar-refractivity contribution in [3.05, 3.63) is 64.1 Å². The molecule has 0 saturated carbocycles. The molecule has 0 N–H and O–H groups in total. The first-order valence-electron chi connectivity index (χ1n) is 7.37. The highest BCUT2D eigenvalue weighted by atomic mass is 35.5. The van der Waals surface area contributed by atoms with Gasteiger partial charge in [0.25, 0.3) is 0 Å². The molecule has 0 fully saturated rings. The molecule has 0 saturated heterocycles. The van der Waals surface area contributed by atoms with Gasteiger partial charge in [0.05, 0.1) is 5.02 Å². The van der Waals surface area contributed by atoms with Crippen LogP contribution in [0, 0.1) is 6.92 Å². The fourth-order valence-corrected chi connectivity index (χ4v) is 3.34. The highest BCUT2D eigenvalue weighted by Gasteiger charge is 2.15. The summed E-state index contributed by atoms with van der Waals surface area (Å²) >= 11 is 7.56. The zero-order chi connectivity index (χ0) is 16.5. The molecule has 0 amide bonds. The lowest BCUT2D eigenvalue weighted by Crippen LogP contribution is -1.98. The van der Waals surface area contributed by atoms with Crippen LogP contribution < -0.4 is 4.74 Å². The van der Waals surface area contributed by atoms with Crippen molar-refractivity contribution in [1.29, 1.82) is 0 Å². The van der Waals surface area contributed by atoms with Gasteiger partial charge in [-0.25, -0.2) is 0 Å². The van der Waals surface area contributed by atoms with Crippen LogP contribution in [0.5, 0.6) is 5.75 Å². The predicted molar refractivity (Wildman–Crippen MR) is 94.6 cm³/mol. The molecule has 0 atom stereocenters. The van der Waals surface area contributed by atoms with Crippen molar-refractivity contribution in [3.63, 3.8) is 0 Å². The summed E-state index contributed by atoms with van der Waals surface area (Å²) in [5.74, 6) is 1.38. The zero-order valence-electron chi connectivity index (χ0n) is 12.8. The standard InChI is InChI=1S/C17H13ClN4OS/c1-11-6-2-3-7-12(11)16-19-20-17-22(16)21-15(24-17)10-23-14-9-5-4-8-13(14)18/h2-9H,10H2,1H3. The summed E-state index contributed by atoms with van der Waals surface area (Å²) in [4.78, 5) is 0.742. The summed E-state index contributed by atoms with van der Waals surface area (Å²) in [5.41, 5.74) is 2.16. The minimum absolute atomic E-state index is 0.338. The Morgan fingerprint density at radius 1 is 1.08 bits per heavy atom. The van der Waals surface area contributed by atoms with E-state index < -0.39 is 0 Å². The van der Waals surface area contributed by atoms with E-state index in [0.717, 1.165) is 26.9 Å². The minimum atomic E-state index is 0.338. The van der Waals surface area contributed by atoms with Gasteiger partial charge in [-0.15, -0.1) is 10.2 Å². The van der Waals surface area contributed by atoms with Crippen LogP contribution in [0.15, 0.2) is 48.5 Å². The first-order chi connectivity index (χ1) is 11.7. The molecule has 2 heterocycles. The van der Waals surface area contributed by atoms with Crippen molar-refractivity contribution >= 4 is 27.9 Å². The largest absolute Gasteiger partial charge is 0.485 e. The summed E-state index contributed by atoms with van der Waals surface area (Å²) in [6.07, 6.45) is 0. The molecule has 7 heteroatoms. The molecule has 4 aromatic rings. The molecule has 120 valence electrons. The van der Waals surface area contributed by atoms with Crippen LogP contribution in [-0.2, 0) is 6.61 Å². The molecular formula is C17H13ClN4OS. The van der Waals surface area contributed by atoms with Crippen LogP contribution in [0.4, 0.5) is 0 Å². The van der Waals surface area contributed by atoms with Crippen molar-refractivity contribution in [1.82, 2.24) is 19.8 Å². The summed E-state index contributed by atoms with van der Waals surface area (Å²) in [5, 5.41) is 14.5. The van der Waals surface area contributed by atoms with E-state index in [0.29, 0.717) is 17.4 Å². The summed E-state index contributed by atoms with van der Waals surface area (Å²) in [7, 11) is 0. The van der Waals surface area contributed by atoms with Crippen LogP contribution in [0.3, 0.4) is 0 Å². The molecular weight excluding hydrogens is 344 g/mol. The van der Waals surface area contributed by atoms with Crippen molar-refractivity contribution < 1.29 is 4.74 Å². The quantitative estimate of drug-likeness (QED) is 0.544. The number of hydrogen-bond donors (Lipinski definition) is 0. The fraction of sp³-hybridized carbons (Fsp3) is 0.118. The van der Waals surface area contributed by atoms with E-state index in [2.05, 4.69) is 15.3 Å². The smallest absolute Gasteiger partial charge is 0.235 e. The molecule has 0 spiro atoms. The average Bonchev–Trinajstić information content (AvgIpc) is 3.15. The van der Waals surface area contributed by atoms with Crippen molar-refractivity contribution in [2.24, 2.45) is 0 Å². The second kappa shape index (κ2) is 6.22. The molecule has 2 aromatic heterocycles. The Morgan fingerprint density at radius 3 is 2.71 bits per heavy atom. The topological polar surface area (TPSA) is 52.3 Å². The number of ether oxygens (including phenoxy) is 1. The first kappa shape index (κ1) is 15.1. The molecule has 0 aliphatic heterocycles. The number of nitrogens with zero attached hydrogens (tertiary/aromatic N) is 4. The molecule has 5 nitrogen and oxygen atoms in total. The summed E-state index contributed by atoms with van der Waals surface area (Å²) < 4.78 is 7.51. The Morgan fingerprint density at radius 2 is 1.88 bits per heavy atom. The highest BCUT2D eigenvalue weighted by Crippen LogP contribution is 2.27. The Labute approximate surface area is 147 Å². The van der Waals surface area contributed by atoms with Crippen LogP contribution in [0.25, 0.3) is 16.3 Å². The maximum Gasteiger partial charge on any atom is 0.235 e. The molecule has 0 aliphatic carbocycles. The Kier molecular flexibility index (Phi) is 3.92. The lowest BCUT2D eigenvalue weighted by Gasteiger charge is -2.05. The van der Waals surface area contributed by atoms with Gasteiger partial charge >= 0.3 is 0 Å². The second-order valence-electron chi connectivity index (χ2n) is 5.25. The predicted octanol–water partition coefficient (Wildman–Crippen LogP) is 4.39. The number of rotatable bonds is 4. The number of fused-ring (bicyclic) bond motifs is 1. The number of halogens is 1. The minimum Gasteiger partial charge on any atom is -0.485 e. The van der Waals surface area contributed by atoms with E-state index in [1.54, 1.807) is 10.6 Å². The maximum absolute atomic E-state index is 6.10. The van der Waals surface area contributed by atoms with Gasteiger partial charge in [-0.3, -0.25) is 0 Å². The van der Waals surface area contributed by atoms with Gasteiger partial charge in [0.2, 0.25) is 4.96 Å². The van der Waals surface area contributed by atoms with Crippen LogP contribution in [-0.4, -0.2) is 19.8 Å². The second-order valence-corrected chi connectivity index (χ2v) is 6.70. The average molecular weight is 357 g/mol. The molecule has 0 radical (unpaired) electrons. The monoisotopic (exact) mass is 356 g/mol. The molecule has 0 unspecified atom stereocenters. The number of aryl methyl sites for hydroxylation is 1. The van der Waals surface area contributed by atoms with E-state index in [1.807, 2.05) is 49.4 Å². The van der Waals surface area contributed by atoms with Gasteiger partial charge in [-0.1, -0.05) is 59.3 Å². The van der Waals surface area contributed by atoms with Crippen molar-refractivity contribution in [2.75, 3.05) is 0 Å². The van der Waals surface area contributed by atoms with Gasteiger partial charge in [0.15, 0.2) is 10.8 Å². The van der Waals surface area contributed by atoms with E-state index in [-0.39, 0.29) is 0 Å². The molecule has 0 aliphatic rings. The lowest BCUT2D eigenvalue weighted by molar-refractivity contribution is 0.304. The van der Waals surface area contributed by atoms with Gasteiger partial charge in [-0.05, 0) is 24.6 Å². The number of para-hydroxylation sites is 1. The maximum atomic E-state index is 6.10. The van der Waals surface area contributed by atoms with E-state index in [1.165, 1.54) is 11.3 Å². The Hall–Kier alpha value is -2.44. The lowest BCUT2D eigenvalue weighted by atomic mass is 10.1. The first-order valence-corrected chi connectivity index (χ1v) is 8.56. The van der Waals surface area contributed by atoms with Gasteiger partial charge in [-0.2, -0.15) is 9.61 Å². The third kappa shape index (κ3) is 2.74. The number of benzene rings is 2. The third-order valence-corrected chi connectivity index (χ3v) is 4.79. The van der Waals surface area contributed by atoms with E-state index in [4.69, 9.17) is 16.3 Å². The van der Waals surface area contributed by atoms with Gasteiger partial charge < -0.3 is 4.74 Å². The molecule has 2 aromatic carbocycles. The molecule has 4 rings (SSSR count). The van der Waals surface area contributed by atoms with Crippen LogP contribution >= 0.6 is 22.9 Å². The van der Waals surface area contributed by atoms with Gasteiger partial charge in [0, 0.05) is 5.56 Å². The fourth-order valence-electron chi connectivity index (χ4n) is 2.41. The summed E-state index contributed by atoms with van der Waals surface area (Å²) in [6.45, 7) is 2.38. The van der Waals surface area contributed by atoms with E-state index in [9.17, 15) is 0 Å². The molecule has 0 bridgehead atoms. The van der Waals surface area contributed by atoms with Crippen LogP contribution in [0.1, 0.15) is 10.6 Å². The number of hydrogen-bond acceptors (Lipinski definition) is 5. The third-order valence-electron chi connectivity index (χ3n) is 3.61. The zero-order valence-corrected chi connectivity index (χ0v) is 14.4. The normalized spacial score (nSPS) is 11.1. The van der Waals surface area contributed by atoms with E-state index >= 15 is 0 Å². The Bertz CT molecular complexity index is 1010. The van der Waals surface area contributed by atoms with Crippen molar-refractivity contribution in [3.8, 4) is 17.1 Å². The SMILES string of the molecule is Cc1ccccc1-c1nnc2sc(COc3ccccc3Cl)nn12. The van der Waals surface area contributed by atoms with Crippen molar-refractivity contribution in [2.45, 2.75) is 13.5 Å². The van der Waals surface area contributed by atoms with Gasteiger partial charge in [0.1, 0.15) is 12.4 Å². The highest BCUT2D eigenvalue weighted by molar-refractivity contribution is 7.16. The Balaban J connectivity index is 1.63. The summed E-state index contributed by atoms with van der Waals surface area (Å²) in [6, 6.07) is 15.4.